The summed E-state index contributed by atoms with van der Waals surface area (Å²) >= 11 is 0. The second kappa shape index (κ2) is 10.0. The van der Waals surface area contributed by atoms with Gasteiger partial charge in [-0.15, -0.1) is 0 Å². The Bertz CT molecular complexity index is 1470. The number of benzene rings is 3. The zero-order valence-electron chi connectivity index (χ0n) is 21.3. The van der Waals surface area contributed by atoms with Gasteiger partial charge in [0.25, 0.3) is 5.91 Å². The third-order valence-electron chi connectivity index (χ3n) is 8.06. The fraction of sp³-hybridized carbons (Fsp3) is 0.323. The van der Waals surface area contributed by atoms with Crippen LogP contribution in [0.1, 0.15) is 73.3 Å². The zero-order chi connectivity index (χ0) is 26.1. The minimum Gasteiger partial charge on any atom is -0.338 e. The van der Waals surface area contributed by atoms with Crippen molar-refractivity contribution in [3.05, 3.63) is 89.9 Å². The van der Waals surface area contributed by atoms with E-state index in [0.29, 0.717) is 30.0 Å². The Morgan fingerprint density at radius 1 is 0.895 bits per heavy atom. The van der Waals surface area contributed by atoms with E-state index in [-0.39, 0.29) is 17.6 Å². The highest BCUT2D eigenvalue weighted by molar-refractivity contribution is 6.05. The Balaban J connectivity index is 1.28. The zero-order valence-corrected chi connectivity index (χ0v) is 21.3. The van der Waals surface area contributed by atoms with Crippen LogP contribution in [0.2, 0.25) is 0 Å². The number of anilines is 1. The molecule has 0 bridgehead atoms. The maximum atomic E-state index is 13.4. The smallest absolute Gasteiger partial charge is 0.252 e. The van der Waals surface area contributed by atoms with Crippen LogP contribution in [-0.4, -0.2) is 27.1 Å². The fourth-order valence-electron chi connectivity index (χ4n) is 5.80. The van der Waals surface area contributed by atoms with Crippen molar-refractivity contribution in [1.29, 1.82) is 0 Å². The lowest BCUT2D eigenvalue weighted by Gasteiger charge is -2.40. The maximum absolute atomic E-state index is 13.4. The quantitative estimate of drug-likeness (QED) is 0.311. The van der Waals surface area contributed by atoms with E-state index >= 15 is 0 Å². The first-order valence-corrected chi connectivity index (χ1v) is 13.5. The van der Waals surface area contributed by atoms with Gasteiger partial charge in [0.2, 0.25) is 5.91 Å². The summed E-state index contributed by atoms with van der Waals surface area (Å²) < 4.78 is 15.3. The van der Waals surface area contributed by atoms with Crippen LogP contribution in [0.15, 0.2) is 72.8 Å². The SMILES string of the molecule is O=C(NC1(C(=O)Nc2ccc(F)cc2)CCC1)c1ccc2c(C3CCCCC3)n(-c3ccccc3)nc2c1. The van der Waals surface area contributed by atoms with E-state index in [0.717, 1.165) is 35.9 Å². The number of carbonyl (C=O) groups excluding carboxylic acids is 2. The summed E-state index contributed by atoms with van der Waals surface area (Å²) in [6, 6.07) is 21.5. The van der Waals surface area contributed by atoms with Gasteiger partial charge in [-0.3, -0.25) is 9.59 Å². The maximum Gasteiger partial charge on any atom is 0.252 e. The minimum absolute atomic E-state index is 0.280. The van der Waals surface area contributed by atoms with Crippen LogP contribution in [0.5, 0.6) is 0 Å². The molecule has 0 atom stereocenters. The van der Waals surface area contributed by atoms with Crippen LogP contribution in [0, 0.1) is 5.82 Å². The van der Waals surface area contributed by atoms with Crippen molar-refractivity contribution in [2.24, 2.45) is 0 Å². The molecule has 0 aliphatic heterocycles. The Hall–Kier alpha value is -4.00. The molecular weight excluding hydrogens is 479 g/mol. The van der Waals surface area contributed by atoms with Gasteiger partial charge in [-0.25, -0.2) is 9.07 Å². The third kappa shape index (κ3) is 4.57. The van der Waals surface area contributed by atoms with Crippen molar-refractivity contribution < 1.29 is 14.0 Å². The van der Waals surface area contributed by atoms with Crippen molar-refractivity contribution in [1.82, 2.24) is 15.1 Å². The van der Waals surface area contributed by atoms with Crippen LogP contribution in [0.25, 0.3) is 16.6 Å². The average Bonchev–Trinajstić information content (AvgIpc) is 3.31. The van der Waals surface area contributed by atoms with Crippen LogP contribution >= 0.6 is 0 Å². The van der Waals surface area contributed by atoms with E-state index in [4.69, 9.17) is 5.10 Å². The fourth-order valence-corrected chi connectivity index (χ4v) is 5.80. The Morgan fingerprint density at radius 2 is 1.63 bits per heavy atom. The number of hydrogen-bond donors (Lipinski definition) is 2. The molecule has 0 radical (unpaired) electrons. The number of nitrogens with zero attached hydrogens (tertiary/aromatic N) is 2. The topological polar surface area (TPSA) is 76.0 Å². The summed E-state index contributed by atoms with van der Waals surface area (Å²) in [6.45, 7) is 0. The van der Waals surface area contributed by atoms with Gasteiger partial charge in [0.1, 0.15) is 11.4 Å². The molecule has 3 aromatic carbocycles. The molecule has 1 aromatic heterocycles. The van der Waals surface area contributed by atoms with Gasteiger partial charge < -0.3 is 10.6 Å². The first-order valence-electron chi connectivity index (χ1n) is 13.5. The number of amides is 2. The predicted molar refractivity (Wildman–Crippen MR) is 146 cm³/mol. The Kier molecular flexibility index (Phi) is 6.44. The average molecular weight is 511 g/mol. The Labute approximate surface area is 221 Å². The third-order valence-corrected chi connectivity index (χ3v) is 8.06. The number of fused-ring (bicyclic) bond motifs is 1. The molecule has 2 amide bonds. The lowest BCUT2D eigenvalue weighted by Crippen LogP contribution is -2.61. The summed E-state index contributed by atoms with van der Waals surface area (Å²) in [6.07, 6.45) is 7.95. The second-order valence-corrected chi connectivity index (χ2v) is 10.6. The molecule has 2 saturated carbocycles. The van der Waals surface area contributed by atoms with E-state index in [2.05, 4.69) is 22.8 Å². The van der Waals surface area contributed by atoms with Crippen molar-refractivity contribution in [3.63, 3.8) is 0 Å². The number of nitrogens with one attached hydrogen (secondary N) is 2. The van der Waals surface area contributed by atoms with Crippen molar-refractivity contribution in [2.45, 2.75) is 62.8 Å². The molecule has 1 heterocycles. The molecule has 2 N–H and O–H groups in total. The summed E-state index contributed by atoms with van der Waals surface area (Å²) in [5, 5.41) is 11.9. The molecule has 2 fully saturated rings. The number of aromatic nitrogens is 2. The second-order valence-electron chi connectivity index (χ2n) is 10.6. The lowest BCUT2D eigenvalue weighted by atomic mass is 9.75. The molecule has 38 heavy (non-hydrogen) atoms. The standard InChI is InChI=1S/C31H31FN4O2/c32-23-13-15-24(16-14-23)33-30(38)31(18-7-19-31)34-29(37)22-12-17-26-27(20-22)35-36(25-10-5-2-6-11-25)28(26)21-8-3-1-4-9-21/h2,5-6,10-17,20-21H,1,3-4,7-9,18-19H2,(H,33,38)(H,34,37). The van der Waals surface area contributed by atoms with Gasteiger partial charge in [0, 0.05) is 22.6 Å². The number of rotatable bonds is 6. The van der Waals surface area contributed by atoms with Crippen LogP contribution in [0.3, 0.4) is 0 Å². The highest BCUT2D eigenvalue weighted by atomic mass is 19.1. The number of hydrogen-bond acceptors (Lipinski definition) is 3. The van der Waals surface area contributed by atoms with E-state index < -0.39 is 5.54 Å². The molecule has 194 valence electrons. The first-order chi connectivity index (χ1) is 18.5. The Morgan fingerprint density at radius 3 is 2.32 bits per heavy atom. The summed E-state index contributed by atoms with van der Waals surface area (Å²) in [4.78, 5) is 26.5. The van der Waals surface area contributed by atoms with Gasteiger partial charge in [-0.2, -0.15) is 5.10 Å². The van der Waals surface area contributed by atoms with Gasteiger partial charge >= 0.3 is 0 Å². The van der Waals surface area contributed by atoms with Crippen molar-refractivity contribution in [3.8, 4) is 5.69 Å². The molecule has 2 aliphatic rings. The summed E-state index contributed by atoms with van der Waals surface area (Å²) in [5.74, 6) is -0.513. The highest BCUT2D eigenvalue weighted by Crippen LogP contribution is 2.38. The molecule has 0 spiro atoms. The molecule has 0 unspecified atom stereocenters. The summed E-state index contributed by atoms with van der Waals surface area (Å²) in [5.41, 5.74) is 3.01. The van der Waals surface area contributed by atoms with Gasteiger partial charge in [0.05, 0.1) is 16.9 Å². The normalized spacial score (nSPS) is 17.1. The number of carbonyl (C=O) groups is 2. The van der Waals surface area contributed by atoms with Gasteiger partial charge in [-0.05, 0) is 80.6 Å². The molecule has 2 aliphatic carbocycles. The van der Waals surface area contributed by atoms with Gasteiger partial charge in [0.15, 0.2) is 0 Å². The van der Waals surface area contributed by atoms with Crippen molar-refractivity contribution >= 4 is 28.4 Å². The number of para-hydroxylation sites is 1. The first kappa shape index (κ1) is 24.3. The van der Waals surface area contributed by atoms with Crippen LogP contribution < -0.4 is 10.6 Å². The highest BCUT2D eigenvalue weighted by Gasteiger charge is 2.45. The predicted octanol–water partition coefficient (Wildman–Crippen LogP) is 6.50. The van der Waals surface area contributed by atoms with E-state index in [1.54, 1.807) is 0 Å². The molecular formula is C31H31FN4O2. The number of halogens is 1. The molecule has 7 heteroatoms. The molecule has 0 saturated heterocycles. The van der Waals surface area contributed by atoms with E-state index in [1.165, 1.54) is 49.2 Å². The van der Waals surface area contributed by atoms with Crippen LogP contribution in [0.4, 0.5) is 10.1 Å². The monoisotopic (exact) mass is 510 g/mol. The molecule has 6 nitrogen and oxygen atoms in total. The largest absolute Gasteiger partial charge is 0.338 e. The van der Waals surface area contributed by atoms with Crippen LogP contribution in [-0.2, 0) is 4.79 Å². The van der Waals surface area contributed by atoms with E-state index in [9.17, 15) is 14.0 Å². The summed E-state index contributed by atoms with van der Waals surface area (Å²) in [7, 11) is 0. The molecule has 4 aromatic rings. The minimum atomic E-state index is -0.975. The van der Waals surface area contributed by atoms with Gasteiger partial charge in [-0.1, -0.05) is 43.5 Å². The molecule has 6 rings (SSSR count). The van der Waals surface area contributed by atoms with E-state index in [1.807, 2.05) is 41.1 Å². The lowest BCUT2D eigenvalue weighted by molar-refractivity contribution is -0.125. The van der Waals surface area contributed by atoms with Crippen molar-refractivity contribution in [2.75, 3.05) is 5.32 Å².